The van der Waals surface area contributed by atoms with Gasteiger partial charge in [0.05, 0.1) is 27.2 Å². The maximum atomic E-state index is 5.28. The lowest BCUT2D eigenvalue weighted by atomic mass is 10.2. The second-order valence-corrected chi connectivity index (χ2v) is 5.17. The van der Waals surface area contributed by atoms with Gasteiger partial charge in [-0.05, 0) is 25.7 Å². The van der Waals surface area contributed by atoms with Gasteiger partial charge in [-0.2, -0.15) is 0 Å². The minimum Gasteiger partial charge on any atom is -0.367 e. The standard InChI is InChI=1S/C13H26NO/c1-4-5-6-7-8-9-10-14(2,3)11-13-12-15-13/h5-6,13H,4,7-12H2,1-3H3/q+1/b6-5+. The summed E-state index contributed by atoms with van der Waals surface area (Å²) in [5.41, 5.74) is 0. The van der Waals surface area contributed by atoms with Gasteiger partial charge in [-0.1, -0.05) is 19.1 Å². The van der Waals surface area contributed by atoms with Crippen LogP contribution in [0.5, 0.6) is 0 Å². The van der Waals surface area contributed by atoms with Crippen molar-refractivity contribution >= 4 is 0 Å². The van der Waals surface area contributed by atoms with Crippen molar-refractivity contribution in [1.29, 1.82) is 0 Å². The first kappa shape index (κ1) is 12.7. The molecule has 1 aliphatic heterocycles. The summed E-state index contributed by atoms with van der Waals surface area (Å²) in [5.74, 6) is 0. The van der Waals surface area contributed by atoms with E-state index in [0.717, 1.165) is 11.1 Å². The van der Waals surface area contributed by atoms with E-state index in [1.54, 1.807) is 0 Å². The van der Waals surface area contributed by atoms with E-state index in [1.165, 1.54) is 38.8 Å². The molecule has 0 aromatic heterocycles. The Balaban J connectivity index is 1.99. The molecular weight excluding hydrogens is 186 g/mol. The van der Waals surface area contributed by atoms with E-state index in [2.05, 4.69) is 33.2 Å². The first-order chi connectivity index (χ1) is 7.14. The van der Waals surface area contributed by atoms with E-state index in [4.69, 9.17) is 4.74 Å². The highest BCUT2D eigenvalue weighted by atomic mass is 16.6. The molecule has 1 heterocycles. The molecule has 0 amide bonds. The monoisotopic (exact) mass is 212 g/mol. The van der Waals surface area contributed by atoms with Gasteiger partial charge in [0.2, 0.25) is 0 Å². The molecule has 0 saturated carbocycles. The predicted octanol–water partition coefficient (Wildman–Crippen LogP) is 2.60. The molecule has 1 rings (SSSR count). The zero-order valence-electron chi connectivity index (χ0n) is 10.5. The van der Waals surface area contributed by atoms with Crippen molar-refractivity contribution < 1.29 is 9.22 Å². The van der Waals surface area contributed by atoms with Crippen molar-refractivity contribution in [2.75, 3.05) is 33.8 Å². The zero-order chi connectivity index (χ0) is 11.1. The maximum absolute atomic E-state index is 5.28. The zero-order valence-corrected chi connectivity index (χ0v) is 10.5. The number of unbranched alkanes of at least 4 members (excludes halogenated alkanes) is 2. The highest BCUT2D eigenvalue weighted by Crippen LogP contribution is 2.14. The number of likely N-dealkylation sites (N-methyl/N-ethyl adjacent to an activating group) is 1. The van der Waals surface area contributed by atoms with Crippen molar-refractivity contribution in [2.24, 2.45) is 0 Å². The Kier molecular flexibility index (Phi) is 5.34. The molecule has 1 aliphatic rings. The lowest BCUT2D eigenvalue weighted by Crippen LogP contribution is -2.43. The number of quaternary nitrogens is 1. The van der Waals surface area contributed by atoms with Gasteiger partial charge in [-0.15, -0.1) is 0 Å². The van der Waals surface area contributed by atoms with E-state index in [9.17, 15) is 0 Å². The Hall–Kier alpha value is -0.340. The van der Waals surface area contributed by atoms with Crippen LogP contribution in [0.1, 0.15) is 32.6 Å². The van der Waals surface area contributed by atoms with Gasteiger partial charge in [0.25, 0.3) is 0 Å². The molecule has 0 N–H and O–H groups in total. The maximum Gasteiger partial charge on any atom is 0.130 e. The summed E-state index contributed by atoms with van der Waals surface area (Å²) in [7, 11) is 4.62. The van der Waals surface area contributed by atoms with Gasteiger partial charge in [0, 0.05) is 0 Å². The second-order valence-electron chi connectivity index (χ2n) is 5.17. The third-order valence-electron chi connectivity index (χ3n) is 2.89. The van der Waals surface area contributed by atoms with Crippen molar-refractivity contribution in [1.82, 2.24) is 0 Å². The normalized spacial score (nSPS) is 21.1. The molecule has 0 bridgehead atoms. The average Bonchev–Trinajstić information content (AvgIpc) is 2.94. The molecule has 0 aliphatic carbocycles. The fraction of sp³-hybridized carbons (Fsp3) is 0.846. The van der Waals surface area contributed by atoms with Crippen molar-refractivity contribution in [3.63, 3.8) is 0 Å². The Morgan fingerprint density at radius 1 is 1.27 bits per heavy atom. The molecule has 1 saturated heterocycles. The number of epoxide rings is 1. The van der Waals surface area contributed by atoms with Crippen molar-refractivity contribution in [3.8, 4) is 0 Å². The molecule has 2 heteroatoms. The third kappa shape index (κ3) is 6.69. The first-order valence-corrected chi connectivity index (χ1v) is 6.22. The SMILES string of the molecule is CC/C=C/CCCC[N+](C)(C)CC1CO1. The molecule has 15 heavy (non-hydrogen) atoms. The fourth-order valence-electron chi connectivity index (χ4n) is 1.90. The number of hydrogen-bond acceptors (Lipinski definition) is 1. The molecule has 1 unspecified atom stereocenters. The van der Waals surface area contributed by atoms with E-state index < -0.39 is 0 Å². The van der Waals surface area contributed by atoms with E-state index in [-0.39, 0.29) is 0 Å². The summed E-state index contributed by atoms with van der Waals surface area (Å²) >= 11 is 0. The molecule has 0 aromatic rings. The number of allylic oxidation sites excluding steroid dienone is 2. The summed E-state index contributed by atoms with van der Waals surface area (Å²) in [6, 6.07) is 0. The third-order valence-corrected chi connectivity index (χ3v) is 2.89. The molecule has 0 spiro atoms. The molecule has 2 nitrogen and oxygen atoms in total. The van der Waals surface area contributed by atoms with Gasteiger partial charge in [-0.3, -0.25) is 0 Å². The molecule has 1 atom stereocenters. The van der Waals surface area contributed by atoms with Crippen molar-refractivity contribution in [3.05, 3.63) is 12.2 Å². The Morgan fingerprint density at radius 2 is 2.00 bits per heavy atom. The van der Waals surface area contributed by atoms with Crippen LogP contribution >= 0.6 is 0 Å². The van der Waals surface area contributed by atoms with Gasteiger partial charge < -0.3 is 9.22 Å². The van der Waals surface area contributed by atoms with Gasteiger partial charge in [0.15, 0.2) is 0 Å². The first-order valence-electron chi connectivity index (χ1n) is 6.22. The van der Waals surface area contributed by atoms with Gasteiger partial charge in [-0.25, -0.2) is 0 Å². The Bertz CT molecular complexity index is 195. The van der Waals surface area contributed by atoms with Crippen LogP contribution < -0.4 is 0 Å². The summed E-state index contributed by atoms with van der Waals surface area (Å²) < 4.78 is 6.39. The molecule has 0 aromatic carbocycles. The topological polar surface area (TPSA) is 12.5 Å². The molecule has 88 valence electrons. The van der Waals surface area contributed by atoms with Crippen LogP contribution in [0.15, 0.2) is 12.2 Å². The molecular formula is C13H26NO+. The lowest BCUT2D eigenvalue weighted by molar-refractivity contribution is -0.891. The van der Waals surface area contributed by atoms with Crippen molar-refractivity contribution in [2.45, 2.75) is 38.7 Å². The fourth-order valence-corrected chi connectivity index (χ4v) is 1.90. The smallest absolute Gasteiger partial charge is 0.130 e. The second kappa shape index (κ2) is 6.29. The lowest BCUT2D eigenvalue weighted by Gasteiger charge is -2.29. The van der Waals surface area contributed by atoms with E-state index >= 15 is 0 Å². The Morgan fingerprint density at radius 3 is 2.60 bits per heavy atom. The number of ether oxygens (including phenoxy) is 1. The summed E-state index contributed by atoms with van der Waals surface area (Å²) in [4.78, 5) is 0. The number of rotatable bonds is 8. The Labute approximate surface area is 94.5 Å². The predicted molar refractivity (Wildman–Crippen MR) is 64.9 cm³/mol. The number of nitrogens with zero attached hydrogens (tertiary/aromatic N) is 1. The summed E-state index contributed by atoms with van der Waals surface area (Å²) in [6.45, 7) is 5.64. The minimum atomic E-state index is 0.556. The van der Waals surface area contributed by atoms with Crippen LogP contribution in [-0.4, -0.2) is 44.4 Å². The quantitative estimate of drug-likeness (QED) is 0.261. The van der Waals surface area contributed by atoms with E-state index in [1.807, 2.05) is 0 Å². The van der Waals surface area contributed by atoms with Crippen LogP contribution in [0.4, 0.5) is 0 Å². The van der Waals surface area contributed by atoms with Crippen LogP contribution in [0.2, 0.25) is 0 Å². The van der Waals surface area contributed by atoms with Gasteiger partial charge >= 0.3 is 0 Å². The van der Waals surface area contributed by atoms with Crippen LogP contribution in [0.3, 0.4) is 0 Å². The summed E-state index contributed by atoms with van der Waals surface area (Å²) in [6.07, 6.45) is 10.2. The summed E-state index contributed by atoms with van der Waals surface area (Å²) in [5, 5.41) is 0. The van der Waals surface area contributed by atoms with Crippen LogP contribution in [0, 0.1) is 0 Å². The van der Waals surface area contributed by atoms with Gasteiger partial charge in [0.1, 0.15) is 12.6 Å². The molecule has 0 radical (unpaired) electrons. The van der Waals surface area contributed by atoms with Crippen LogP contribution in [0.25, 0.3) is 0 Å². The number of hydrogen-bond donors (Lipinski definition) is 0. The van der Waals surface area contributed by atoms with E-state index in [0.29, 0.717) is 6.10 Å². The van der Waals surface area contributed by atoms with Crippen LogP contribution in [-0.2, 0) is 4.74 Å². The highest BCUT2D eigenvalue weighted by Gasteiger charge is 2.30. The minimum absolute atomic E-state index is 0.556. The largest absolute Gasteiger partial charge is 0.367 e. The average molecular weight is 212 g/mol. The molecule has 1 fully saturated rings. The highest BCUT2D eigenvalue weighted by molar-refractivity contribution is 4.79.